The highest BCUT2D eigenvalue weighted by molar-refractivity contribution is 6.11. The first-order valence-electron chi connectivity index (χ1n) is 20.9. The zero-order chi connectivity index (χ0) is 35.9. The Balaban J connectivity index is 1.73. The highest BCUT2D eigenvalue weighted by Crippen LogP contribution is 2.26. The molecule has 0 aliphatic heterocycles. The molecule has 0 fully saturated rings. The summed E-state index contributed by atoms with van der Waals surface area (Å²) in [6, 6.07) is 14.3. The number of hydrogen-bond acceptors (Lipinski definition) is 3. The first kappa shape index (κ1) is 43.2. The Morgan fingerprint density at radius 3 is 1.16 bits per heavy atom. The third-order valence-corrected chi connectivity index (χ3v) is 9.88. The standard InChI is InChI=1S/C45H72N2O3/c1-3-5-7-9-11-13-15-17-19-21-23-25-30-34-43(48)46-41-37-36-40(45(50)39-32-28-27-29-33-39)38-42(41)47-44(49)35-31-26-24-22-20-18-16-14-12-10-8-6-4-2/h27-29,32-33,36-38H,3-26,30-31,34-35H2,1-2H3,(H,46,48)(H,47,49). The maximum Gasteiger partial charge on any atom is 0.224 e. The maximum absolute atomic E-state index is 13.2. The summed E-state index contributed by atoms with van der Waals surface area (Å²) in [7, 11) is 0. The number of unbranched alkanes of at least 4 members (excludes halogenated alkanes) is 24. The van der Waals surface area contributed by atoms with Crippen molar-refractivity contribution in [1.29, 1.82) is 0 Å². The SMILES string of the molecule is CCCCCCCCCCCCCCCC(=O)Nc1ccc(C(=O)c2ccccc2)cc1NC(=O)CCCCCCCCCCCCCCC. The molecule has 0 unspecified atom stereocenters. The van der Waals surface area contributed by atoms with E-state index in [0.29, 0.717) is 35.3 Å². The Morgan fingerprint density at radius 1 is 0.400 bits per heavy atom. The molecule has 2 rings (SSSR count). The quantitative estimate of drug-likeness (QED) is 0.0593. The lowest BCUT2D eigenvalue weighted by Gasteiger charge is -2.14. The second-order valence-corrected chi connectivity index (χ2v) is 14.5. The fourth-order valence-electron chi connectivity index (χ4n) is 6.69. The maximum atomic E-state index is 13.2. The smallest absolute Gasteiger partial charge is 0.224 e. The van der Waals surface area contributed by atoms with Crippen molar-refractivity contribution < 1.29 is 14.4 Å². The molecule has 280 valence electrons. The number of benzene rings is 2. The van der Waals surface area contributed by atoms with Gasteiger partial charge in [0.2, 0.25) is 11.8 Å². The number of amides is 2. The Bertz CT molecular complexity index is 1160. The number of ketones is 1. The zero-order valence-corrected chi connectivity index (χ0v) is 32.1. The van der Waals surface area contributed by atoms with E-state index in [0.717, 1.165) is 32.1 Å². The van der Waals surface area contributed by atoms with Crippen LogP contribution in [-0.4, -0.2) is 17.6 Å². The van der Waals surface area contributed by atoms with Gasteiger partial charge < -0.3 is 10.6 Å². The first-order valence-corrected chi connectivity index (χ1v) is 20.9. The average molecular weight is 689 g/mol. The van der Waals surface area contributed by atoms with Crippen molar-refractivity contribution in [3.05, 3.63) is 59.7 Å². The minimum absolute atomic E-state index is 0.0535. The van der Waals surface area contributed by atoms with E-state index in [-0.39, 0.29) is 17.6 Å². The molecule has 0 spiro atoms. The van der Waals surface area contributed by atoms with Crippen LogP contribution in [0, 0.1) is 0 Å². The van der Waals surface area contributed by atoms with Gasteiger partial charge in [-0.1, -0.05) is 198 Å². The summed E-state index contributed by atoms with van der Waals surface area (Å²) in [6.07, 6.45) is 33.8. The topological polar surface area (TPSA) is 75.3 Å². The van der Waals surface area contributed by atoms with Gasteiger partial charge in [0.25, 0.3) is 0 Å². The third-order valence-electron chi connectivity index (χ3n) is 9.88. The zero-order valence-electron chi connectivity index (χ0n) is 32.1. The molecule has 0 atom stereocenters. The predicted molar refractivity (Wildman–Crippen MR) is 214 cm³/mol. The van der Waals surface area contributed by atoms with Gasteiger partial charge in [-0.2, -0.15) is 0 Å². The molecule has 0 heterocycles. The first-order chi connectivity index (χ1) is 24.5. The summed E-state index contributed by atoms with van der Waals surface area (Å²) in [5.74, 6) is -0.242. The van der Waals surface area contributed by atoms with E-state index in [1.807, 2.05) is 18.2 Å². The monoisotopic (exact) mass is 689 g/mol. The summed E-state index contributed by atoms with van der Waals surface area (Å²) < 4.78 is 0. The number of carbonyl (C=O) groups excluding carboxylic acids is 3. The van der Waals surface area contributed by atoms with E-state index in [2.05, 4.69) is 24.5 Å². The molecule has 0 radical (unpaired) electrons. The summed E-state index contributed by atoms with van der Waals surface area (Å²) >= 11 is 0. The normalized spacial score (nSPS) is 11.1. The molecular weight excluding hydrogens is 617 g/mol. The van der Waals surface area contributed by atoms with Crippen molar-refractivity contribution >= 4 is 29.0 Å². The van der Waals surface area contributed by atoms with Crippen LogP contribution in [-0.2, 0) is 9.59 Å². The van der Waals surface area contributed by atoms with Crippen LogP contribution in [0.3, 0.4) is 0 Å². The molecule has 2 aromatic carbocycles. The minimum atomic E-state index is -0.109. The highest BCUT2D eigenvalue weighted by atomic mass is 16.2. The molecule has 0 aromatic heterocycles. The summed E-state index contributed by atoms with van der Waals surface area (Å²) in [5, 5.41) is 6.04. The van der Waals surface area contributed by atoms with Crippen LogP contribution in [0.15, 0.2) is 48.5 Å². The number of rotatable bonds is 32. The van der Waals surface area contributed by atoms with Gasteiger partial charge in [-0.3, -0.25) is 14.4 Å². The van der Waals surface area contributed by atoms with Gasteiger partial charge >= 0.3 is 0 Å². The molecule has 5 heteroatoms. The molecule has 0 aliphatic rings. The van der Waals surface area contributed by atoms with Crippen molar-refractivity contribution in [1.82, 2.24) is 0 Å². The summed E-state index contributed by atoms with van der Waals surface area (Å²) in [6.45, 7) is 4.53. The van der Waals surface area contributed by atoms with E-state index in [1.54, 1.807) is 30.3 Å². The molecular formula is C45H72N2O3. The summed E-state index contributed by atoms with van der Waals surface area (Å²) in [4.78, 5) is 39.1. The fraction of sp³-hybridized carbons (Fsp3) is 0.667. The fourth-order valence-corrected chi connectivity index (χ4v) is 6.69. The van der Waals surface area contributed by atoms with Crippen molar-refractivity contribution in [3.8, 4) is 0 Å². The molecule has 0 aliphatic carbocycles. The van der Waals surface area contributed by atoms with Crippen LogP contribution >= 0.6 is 0 Å². The van der Waals surface area contributed by atoms with Crippen LogP contribution < -0.4 is 10.6 Å². The van der Waals surface area contributed by atoms with E-state index in [9.17, 15) is 14.4 Å². The highest BCUT2D eigenvalue weighted by Gasteiger charge is 2.15. The van der Waals surface area contributed by atoms with Gasteiger partial charge in [-0.15, -0.1) is 0 Å². The van der Waals surface area contributed by atoms with Gasteiger partial charge in [0.15, 0.2) is 5.78 Å². The number of nitrogens with one attached hydrogen (secondary N) is 2. The molecule has 5 nitrogen and oxygen atoms in total. The molecule has 0 saturated carbocycles. The second-order valence-electron chi connectivity index (χ2n) is 14.5. The van der Waals surface area contributed by atoms with Gasteiger partial charge in [0.05, 0.1) is 11.4 Å². The molecule has 0 saturated heterocycles. The van der Waals surface area contributed by atoms with Gasteiger partial charge in [-0.25, -0.2) is 0 Å². The van der Waals surface area contributed by atoms with E-state index in [1.165, 1.54) is 135 Å². The molecule has 2 N–H and O–H groups in total. The number of carbonyl (C=O) groups is 3. The third kappa shape index (κ3) is 21.3. The van der Waals surface area contributed by atoms with Crippen LogP contribution in [0.4, 0.5) is 11.4 Å². The Labute approximate surface area is 306 Å². The Kier molecular flexibility index (Phi) is 25.7. The van der Waals surface area contributed by atoms with Crippen molar-refractivity contribution in [2.24, 2.45) is 0 Å². The lowest BCUT2D eigenvalue weighted by molar-refractivity contribution is -0.117. The Morgan fingerprint density at radius 2 is 0.760 bits per heavy atom. The number of hydrogen-bond donors (Lipinski definition) is 2. The Hall–Kier alpha value is -2.95. The molecule has 50 heavy (non-hydrogen) atoms. The summed E-state index contributed by atoms with van der Waals surface area (Å²) in [5.41, 5.74) is 2.12. The predicted octanol–water partition coefficient (Wildman–Crippen LogP) is 13.8. The molecule has 0 bridgehead atoms. The van der Waals surface area contributed by atoms with Crippen LogP contribution in [0.5, 0.6) is 0 Å². The van der Waals surface area contributed by atoms with Crippen LogP contribution in [0.25, 0.3) is 0 Å². The lowest BCUT2D eigenvalue weighted by Crippen LogP contribution is -2.17. The van der Waals surface area contributed by atoms with E-state index in [4.69, 9.17) is 0 Å². The number of anilines is 2. The lowest BCUT2D eigenvalue weighted by atomic mass is 10.0. The largest absolute Gasteiger partial charge is 0.324 e. The second kappa shape index (κ2) is 29.7. The van der Waals surface area contributed by atoms with Crippen molar-refractivity contribution in [3.63, 3.8) is 0 Å². The van der Waals surface area contributed by atoms with E-state index >= 15 is 0 Å². The van der Waals surface area contributed by atoms with Crippen molar-refractivity contribution in [2.75, 3.05) is 10.6 Å². The molecule has 2 aromatic rings. The molecule has 2 amide bonds. The average Bonchev–Trinajstić information content (AvgIpc) is 3.13. The van der Waals surface area contributed by atoms with Gasteiger partial charge in [-0.05, 0) is 31.0 Å². The van der Waals surface area contributed by atoms with E-state index < -0.39 is 0 Å². The van der Waals surface area contributed by atoms with Gasteiger partial charge in [0, 0.05) is 24.0 Å². The van der Waals surface area contributed by atoms with Crippen molar-refractivity contribution in [2.45, 2.75) is 194 Å². The van der Waals surface area contributed by atoms with Crippen LogP contribution in [0.2, 0.25) is 0 Å². The minimum Gasteiger partial charge on any atom is -0.324 e. The van der Waals surface area contributed by atoms with Gasteiger partial charge in [0.1, 0.15) is 0 Å². The van der Waals surface area contributed by atoms with Crippen LogP contribution in [0.1, 0.15) is 210 Å².